The van der Waals surface area contributed by atoms with Crippen LogP contribution in [0.4, 0.5) is 4.39 Å². The van der Waals surface area contributed by atoms with Gasteiger partial charge in [-0.3, -0.25) is 4.79 Å². The summed E-state index contributed by atoms with van der Waals surface area (Å²) in [6.07, 6.45) is 0. The Morgan fingerprint density at radius 2 is 2.21 bits per heavy atom. The molecule has 0 fully saturated rings. The molecule has 1 rings (SSSR count). The van der Waals surface area contributed by atoms with Crippen LogP contribution in [0.1, 0.15) is 12.5 Å². The van der Waals surface area contributed by atoms with E-state index in [9.17, 15) is 9.18 Å². The number of hydrogen-bond donors (Lipinski definition) is 0. The third kappa shape index (κ3) is 5.94. The van der Waals surface area contributed by atoms with Crippen molar-refractivity contribution in [3.05, 3.63) is 29.6 Å². The minimum atomic E-state index is -0.434. The number of esters is 1. The zero-order chi connectivity index (χ0) is 14.1. The van der Waals surface area contributed by atoms with Crippen LogP contribution in [0, 0.1) is 5.82 Å². The van der Waals surface area contributed by atoms with Crippen LogP contribution < -0.4 is 4.74 Å². The summed E-state index contributed by atoms with van der Waals surface area (Å²) in [5.41, 5.74) is 0.877. The van der Waals surface area contributed by atoms with Gasteiger partial charge in [-0.1, -0.05) is 6.07 Å². The average molecular weight is 288 g/mol. The first-order valence-corrected chi connectivity index (χ1v) is 6.96. The number of carbonyl (C=O) groups excluding carboxylic acids is 1. The molecule has 0 saturated heterocycles. The molecule has 0 aliphatic heterocycles. The minimum Gasteiger partial charge on any atom is -0.465 e. The molecule has 0 unspecified atom stereocenters. The molecule has 0 aliphatic carbocycles. The van der Waals surface area contributed by atoms with Crippen LogP contribution in [0.3, 0.4) is 0 Å². The van der Waals surface area contributed by atoms with Crippen LogP contribution in [0.5, 0.6) is 5.75 Å². The van der Waals surface area contributed by atoms with Crippen molar-refractivity contribution in [3.63, 3.8) is 0 Å². The normalized spacial score (nSPS) is 10.3. The predicted molar refractivity (Wildman–Crippen MR) is 71.7 cm³/mol. The first-order valence-electron chi connectivity index (χ1n) is 5.81. The molecule has 0 amide bonds. The number of halogens is 1. The molecule has 1 aromatic carbocycles. The van der Waals surface area contributed by atoms with E-state index in [4.69, 9.17) is 14.2 Å². The summed E-state index contributed by atoms with van der Waals surface area (Å²) in [4.78, 5) is 11.2. The molecule has 1 aromatic rings. The molecule has 0 aromatic heterocycles. The summed E-state index contributed by atoms with van der Waals surface area (Å²) in [7, 11) is 1.47. The van der Waals surface area contributed by atoms with Gasteiger partial charge in [0, 0.05) is 12.9 Å². The predicted octanol–water partition coefficient (Wildman–Crippen LogP) is 2.60. The highest BCUT2D eigenvalue weighted by molar-refractivity contribution is 7.99. The molecule has 0 spiro atoms. The SMILES string of the molecule is CCOC(=O)CSCc1ccc(F)c(OCOC)c1. The Hall–Kier alpha value is -1.27. The number of benzene rings is 1. The van der Waals surface area contributed by atoms with Crippen molar-refractivity contribution in [2.75, 3.05) is 26.3 Å². The van der Waals surface area contributed by atoms with Crippen molar-refractivity contribution < 1.29 is 23.4 Å². The summed E-state index contributed by atoms with van der Waals surface area (Å²) in [6.45, 7) is 2.14. The molecule has 19 heavy (non-hydrogen) atoms. The Balaban J connectivity index is 2.47. The molecule has 0 heterocycles. The summed E-state index contributed by atoms with van der Waals surface area (Å²) in [6, 6.07) is 4.60. The number of thioether (sulfide) groups is 1. The maximum Gasteiger partial charge on any atom is 0.315 e. The van der Waals surface area contributed by atoms with Gasteiger partial charge in [0.1, 0.15) is 0 Å². The fourth-order valence-electron chi connectivity index (χ4n) is 1.33. The largest absolute Gasteiger partial charge is 0.465 e. The van der Waals surface area contributed by atoms with Gasteiger partial charge < -0.3 is 14.2 Å². The van der Waals surface area contributed by atoms with Gasteiger partial charge in [0.05, 0.1) is 12.4 Å². The van der Waals surface area contributed by atoms with E-state index in [0.29, 0.717) is 12.4 Å². The highest BCUT2D eigenvalue weighted by atomic mass is 32.2. The summed E-state index contributed by atoms with van der Waals surface area (Å²) >= 11 is 1.41. The highest BCUT2D eigenvalue weighted by Crippen LogP contribution is 2.22. The number of ether oxygens (including phenoxy) is 3. The second-order valence-electron chi connectivity index (χ2n) is 3.61. The number of rotatable bonds is 8. The Kier molecular flexibility index (Phi) is 7.28. The van der Waals surface area contributed by atoms with Crippen molar-refractivity contribution in [2.45, 2.75) is 12.7 Å². The van der Waals surface area contributed by atoms with E-state index in [2.05, 4.69) is 0 Å². The molecule has 0 saturated carbocycles. The lowest BCUT2D eigenvalue weighted by atomic mass is 10.2. The molecular formula is C13H17FO4S. The third-order valence-electron chi connectivity index (χ3n) is 2.12. The van der Waals surface area contributed by atoms with Crippen LogP contribution >= 0.6 is 11.8 Å². The van der Waals surface area contributed by atoms with E-state index in [-0.39, 0.29) is 24.3 Å². The van der Waals surface area contributed by atoms with Crippen molar-refractivity contribution in [1.82, 2.24) is 0 Å². The van der Waals surface area contributed by atoms with Crippen LogP contribution in [-0.2, 0) is 20.0 Å². The summed E-state index contributed by atoms with van der Waals surface area (Å²) < 4.78 is 28.0. The van der Waals surface area contributed by atoms with E-state index in [1.165, 1.54) is 24.9 Å². The lowest BCUT2D eigenvalue weighted by Crippen LogP contribution is -2.06. The van der Waals surface area contributed by atoms with E-state index in [1.54, 1.807) is 19.1 Å². The van der Waals surface area contributed by atoms with Gasteiger partial charge in [-0.15, -0.1) is 11.8 Å². The van der Waals surface area contributed by atoms with Crippen molar-refractivity contribution in [1.29, 1.82) is 0 Å². The van der Waals surface area contributed by atoms with Crippen molar-refractivity contribution in [2.24, 2.45) is 0 Å². The Morgan fingerprint density at radius 3 is 2.89 bits per heavy atom. The molecule has 0 atom stereocenters. The van der Waals surface area contributed by atoms with Gasteiger partial charge in [-0.2, -0.15) is 0 Å². The zero-order valence-electron chi connectivity index (χ0n) is 11.0. The van der Waals surface area contributed by atoms with E-state index in [0.717, 1.165) is 5.56 Å². The van der Waals surface area contributed by atoms with Crippen LogP contribution in [0.15, 0.2) is 18.2 Å². The standard InChI is InChI=1S/C13H17FO4S/c1-3-17-13(15)8-19-7-10-4-5-11(14)12(6-10)18-9-16-2/h4-6H,3,7-9H2,1-2H3. The highest BCUT2D eigenvalue weighted by Gasteiger charge is 2.06. The molecular weight excluding hydrogens is 271 g/mol. The monoisotopic (exact) mass is 288 g/mol. The third-order valence-corrected chi connectivity index (χ3v) is 3.10. The quantitative estimate of drug-likeness (QED) is 0.543. The molecule has 0 radical (unpaired) electrons. The number of methoxy groups -OCH3 is 1. The van der Waals surface area contributed by atoms with Crippen molar-refractivity contribution in [3.8, 4) is 5.75 Å². The van der Waals surface area contributed by atoms with Gasteiger partial charge >= 0.3 is 5.97 Å². The molecule has 0 aliphatic rings. The molecule has 4 nitrogen and oxygen atoms in total. The Bertz CT molecular complexity index is 412. The van der Waals surface area contributed by atoms with Gasteiger partial charge in [-0.25, -0.2) is 4.39 Å². The van der Waals surface area contributed by atoms with E-state index >= 15 is 0 Å². The van der Waals surface area contributed by atoms with E-state index in [1.807, 2.05) is 0 Å². The number of carbonyl (C=O) groups is 1. The van der Waals surface area contributed by atoms with Gasteiger partial charge in [0.15, 0.2) is 18.4 Å². The molecule has 106 valence electrons. The minimum absolute atomic E-state index is 0.00363. The number of hydrogen-bond acceptors (Lipinski definition) is 5. The maximum absolute atomic E-state index is 13.4. The Labute approximate surface area is 116 Å². The fraction of sp³-hybridized carbons (Fsp3) is 0.462. The van der Waals surface area contributed by atoms with E-state index < -0.39 is 5.82 Å². The summed E-state index contributed by atoms with van der Waals surface area (Å²) in [5.74, 6) is 0.333. The van der Waals surface area contributed by atoms with Crippen LogP contribution in [-0.4, -0.2) is 32.2 Å². The van der Waals surface area contributed by atoms with Crippen LogP contribution in [0.2, 0.25) is 0 Å². The zero-order valence-corrected chi connectivity index (χ0v) is 11.8. The van der Waals surface area contributed by atoms with Gasteiger partial charge in [0.25, 0.3) is 0 Å². The second-order valence-corrected chi connectivity index (χ2v) is 4.60. The lowest BCUT2D eigenvalue weighted by molar-refractivity contribution is -0.139. The molecule has 0 bridgehead atoms. The van der Waals surface area contributed by atoms with Crippen LogP contribution in [0.25, 0.3) is 0 Å². The maximum atomic E-state index is 13.4. The molecule has 6 heteroatoms. The summed E-state index contributed by atoms with van der Waals surface area (Å²) in [5, 5.41) is 0. The first kappa shape index (κ1) is 15.8. The lowest BCUT2D eigenvalue weighted by Gasteiger charge is -2.08. The molecule has 0 N–H and O–H groups in total. The first-order chi connectivity index (χ1) is 9.17. The smallest absolute Gasteiger partial charge is 0.315 e. The second kappa shape index (κ2) is 8.77. The van der Waals surface area contributed by atoms with Gasteiger partial charge in [-0.05, 0) is 24.6 Å². The Morgan fingerprint density at radius 1 is 1.42 bits per heavy atom. The average Bonchev–Trinajstić information content (AvgIpc) is 2.39. The topological polar surface area (TPSA) is 44.8 Å². The van der Waals surface area contributed by atoms with Crippen molar-refractivity contribution >= 4 is 17.7 Å². The van der Waals surface area contributed by atoms with Gasteiger partial charge in [0.2, 0.25) is 0 Å². The fourth-order valence-corrected chi connectivity index (χ4v) is 2.09.